The molecule has 0 saturated carbocycles. The molecule has 0 aliphatic carbocycles. The van der Waals surface area contributed by atoms with Gasteiger partial charge in [-0.05, 0) is 55.5 Å². The summed E-state index contributed by atoms with van der Waals surface area (Å²) in [4.78, 5) is 17.8. The Hall–Kier alpha value is -3.10. The van der Waals surface area contributed by atoms with Crippen molar-refractivity contribution in [1.29, 1.82) is 0 Å². The van der Waals surface area contributed by atoms with Gasteiger partial charge in [-0.1, -0.05) is 39.0 Å². The van der Waals surface area contributed by atoms with Crippen molar-refractivity contribution in [2.75, 3.05) is 0 Å². The molecule has 1 aromatic heterocycles. The van der Waals surface area contributed by atoms with Crippen LogP contribution in [-0.2, 0) is 13.1 Å². The summed E-state index contributed by atoms with van der Waals surface area (Å²) in [5.41, 5.74) is 1.83. The van der Waals surface area contributed by atoms with E-state index in [0.29, 0.717) is 42.0 Å². The number of amides is 1. The number of hydrogen-bond acceptors (Lipinski definition) is 4. The highest BCUT2D eigenvalue weighted by atomic mass is 19.1. The predicted molar refractivity (Wildman–Crippen MR) is 131 cm³/mol. The monoisotopic (exact) mass is 484 g/mol. The Morgan fingerprint density at radius 1 is 1.09 bits per heavy atom. The van der Waals surface area contributed by atoms with Crippen LogP contribution in [0.25, 0.3) is 11.4 Å². The van der Waals surface area contributed by atoms with Gasteiger partial charge in [0, 0.05) is 24.2 Å². The quantitative estimate of drug-likeness (QED) is 0.371. The van der Waals surface area contributed by atoms with Gasteiger partial charge in [-0.15, -0.1) is 0 Å². The first-order valence-electron chi connectivity index (χ1n) is 11.7. The number of aromatic nitrogens is 2. The standard InChI is InChI=1S/C27H32F2N3O3/c1-4-21(33)15-22(34)13-14-32-25(17(2)3)24(31-26(32)18-9-11-20(28)12-10-18)27(35)30-16-19-7-5-6-8-23(19)29/h5-12,17,21-22,33-34H,1,4,13-16H2,2-3H3,(H,30,35). The first-order valence-corrected chi connectivity index (χ1v) is 11.7. The minimum Gasteiger partial charge on any atom is -0.393 e. The molecular formula is C27H32F2N3O3. The number of nitrogens with one attached hydrogen (secondary N) is 1. The second-order valence-corrected chi connectivity index (χ2v) is 8.88. The van der Waals surface area contributed by atoms with E-state index in [0.717, 1.165) is 0 Å². The third-order valence-corrected chi connectivity index (χ3v) is 5.83. The van der Waals surface area contributed by atoms with Gasteiger partial charge in [0.1, 0.15) is 23.2 Å². The van der Waals surface area contributed by atoms with Gasteiger partial charge in [-0.25, -0.2) is 13.8 Å². The van der Waals surface area contributed by atoms with Crippen LogP contribution >= 0.6 is 0 Å². The molecule has 8 heteroatoms. The maximum Gasteiger partial charge on any atom is 0.272 e. The molecule has 0 fully saturated rings. The van der Waals surface area contributed by atoms with Crippen LogP contribution in [0.2, 0.25) is 0 Å². The summed E-state index contributed by atoms with van der Waals surface area (Å²) >= 11 is 0. The highest BCUT2D eigenvalue weighted by Crippen LogP contribution is 2.29. The normalized spacial score (nSPS) is 13.1. The first-order chi connectivity index (χ1) is 16.7. The van der Waals surface area contributed by atoms with Gasteiger partial charge in [0.2, 0.25) is 0 Å². The lowest BCUT2D eigenvalue weighted by Gasteiger charge is -2.18. The van der Waals surface area contributed by atoms with Gasteiger partial charge >= 0.3 is 0 Å². The van der Waals surface area contributed by atoms with Crippen LogP contribution in [-0.4, -0.2) is 37.9 Å². The molecule has 3 rings (SSSR count). The second-order valence-electron chi connectivity index (χ2n) is 8.88. The third kappa shape index (κ3) is 6.74. The number of imidazole rings is 1. The highest BCUT2D eigenvalue weighted by molar-refractivity contribution is 5.94. The molecule has 3 N–H and O–H groups in total. The Morgan fingerprint density at radius 3 is 2.40 bits per heavy atom. The number of rotatable bonds is 11. The minimum absolute atomic E-state index is 0.00341. The van der Waals surface area contributed by atoms with Crippen LogP contribution in [0.4, 0.5) is 8.78 Å². The Bertz CT molecular complexity index is 1130. The summed E-state index contributed by atoms with van der Waals surface area (Å²) in [5.74, 6) is -0.889. The van der Waals surface area contributed by atoms with Crippen molar-refractivity contribution in [2.24, 2.45) is 0 Å². The molecule has 6 nitrogen and oxygen atoms in total. The van der Waals surface area contributed by atoms with E-state index in [1.54, 1.807) is 30.3 Å². The van der Waals surface area contributed by atoms with E-state index >= 15 is 0 Å². The fraction of sp³-hybridized carbons (Fsp3) is 0.370. The van der Waals surface area contributed by atoms with Crippen molar-refractivity contribution in [3.63, 3.8) is 0 Å². The summed E-state index contributed by atoms with van der Waals surface area (Å²) in [6.07, 6.45) is -0.663. The lowest BCUT2D eigenvalue weighted by atomic mass is 10.1. The number of benzene rings is 2. The van der Waals surface area contributed by atoms with Gasteiger partial charge in [-0.2, -0.15) is 0 Å². The smallest absolute Gasteiger partial charge is 0.272 e. The summed E-state index contributed by atoms with van der Waals surface area (Å²) in [6.45, 7) is 7.84. The van der Waals surface area contributed by atoms with Crippen molar-refractivity contribution in [2.45, 2.75) is 64.3 Å². The van der Waals surface area contributed by atoms with Gasteiger partial charge < -0.3 is 20.1 Å². The minimum atomic E-state index is -0.770. The van der Waals surface area contributed by atoms with Crippen molar-refractivity contribution >= 4 is 5.91 Å². The van der Waals surface area contributed by atoms with Crippen LogP contribution in [0.15, 0.2) is 48.5 Å². The topological polar surface area (TPSA) is 87.4 Å². The van der Waals surface area contributed by atoms with Gasteiger partial charge in [0.15, 0.2) is 0 Å². The summed E-state index contributed by atoms with van der Waals surface area (Å²) in [7, 11) is 0. The van der Waals surface area contributed by atoms with E-state index in [1.807, 2.05) is 18.4 Å². The van der Waals surface area contributed by atoms with E-state index in [4.69, 9.17) is 0 Å². The zero-order valence-electron chi connectivity index (χ0n) is 20.0. The van der Waals surface area contributed by atoms with Crippen LogP contribution in [0.1, 0.15) is 60.8 Å². The molecule has 1 radical (unpaired) electrons. The van der Waals surface area contributed by atoms with E-state index in [-0.39, 0.29) is 24.6 Å². The van der Waals surface area contributed by atoms with Gasteiger partial charge in [0.05, 0.1) is 17.9 Å². The maximum atomic E-state index is 14.0. The Labute approximate surface area is 204 Å². The average molecular weight is 485 g/mol. The number of hydrogen-bond donors (Lipinski definition) is 3. The Morgan fingerprint density at radius 2 is 1.77 bits per heavy atom. The fourth-order valence-electron chi connectivity index (χ4n) is 3.99. The highest BCUT2D eigenvalue weighted by Gasteiger charge is 2.26. The molecular weight excluding hydrogens is 452 g/mol. The molecule has 35 heavy (non-hydrogen) atoms. The number of halogens is 2. The SMILES string of the molecule is [CH2]CC(O)CC(O)CCn1c(-c2ccc(F)cc2)nc(C(=O)NCc2ccccc2F)c1C(C)C. The molecule has 0 aliphatic rings. The number of nitrogens with zero attached hydrogens (tertiary/aromatic N) is 2. The Kier molecular flexibility index (Phi) is 9.12. The molecule has 0 saturated heterocycles. The molecule has 2 aromatic carbocycles. The summed E-state index contributed by atoms with van der Waals surface area (Å²) in [6, 6.07) is 12.0. The molecule has 1 amide bonds. The van der Waals surface area contributed by atoms with Gasteiger partial charge in [0.25, 0.3) is 5.91 Å². The van der Waals surface area contributed by atoms with E-state index in [1.165, 1.54) is 18.2 Å². The predicted octanol–water partition coefficient (Wildman–Crippen LogP) is 4.61. The van der Waals surface area contributed by atoms with E-state index in [2.05, 4.69) is 17.2 Å². The molecule has 1 heterocycles. The molecule has 0 spiro atoms. The number of carbonyl (C=O) groups is 1. The molecule has 187 valence electrons. The van der Waals surface area contributed by atoms with Crippen LogP contribution in [0, 0.1) is 18.6 Å². The number of aliphatic hydroxyl groups excluding tert-OH is 2. The van der Waals surface area contributed by atoms with Crippen LogP contribution in [0.3, 0.4) is 0 Å². The second kappa shape index (κ2) is 12.0. The fourth-order valence-corrected chi connectivity index (χ4v) is 3.99. The van der Waals surface area contributed by atoms with E-state index in [9.17, 15) is 23.8 Å². The maximum absolute atomic E-state index is 14.0. The zero-order valence-corrected chi connectivity index (χ0v) is 20.0. The average Bonchev–Trinajstić information content (AvgIpc) is 3.22. The van der Waals surface area contributed by atoms with Crippen molar-refractivity contribution in [3.05, 3.63) is 84.0 Å². The van der Waals surface area contributed by atoms with E-state index < -0.39 is 29.7 Å². The molecule has 3 aromatic rings. The first kappa shape index (κ1) is 26.5. The van der Waals surface area contributed by atoms with Crippen molar-refractivity contribution < 1.29 is 23.8 Å². The third-order valence-electron chi connectivity index (χ3n) is 5.83. The van der Waals surface area contributed by atoms with Crippen molar-refractivity contribution in [3.8, 4) is 11.4 Å². The van der Waals surface area contributed by atoms with Crippen LogP contribution < -0.4 is 5.32 Å². The lowest BCUT2D eigenvalue weighted by molar-refractivity contribution is 0.0742. The zero-order chi connectivity index (χ0) is 25.5. The largest absolute Gasteiger partial charge is 0.393 e. The molecule has 0 aliphatic heterocycles. The molecule has 2 atom stereocenters. The van der Waals surface area contributed by atoms with Crippen LogP contribution in [0.5, 0.6) is 0 Å². The van der Waals surface area contributed by atoms with Crippen molar-refractivity contribution in [1.82, 2.24) is 14.9 Å². The van der Waals surface area contributed by atoms with Gasteiger partial charge in [-0.3, -0.25) is 4.79 Å². The summed E-state index contributed by atoms with van der Waals surface area (Å²) in [5, 5.41) is 23.0. The Balaban J connectivity index is 1.95. The molecule has 2 unspecified atom stereocenters. The number of carbonyl (C=O) groups excluding carboxylic acids is 1. The lowest BCUT2D eigenvalue weighted by Crippen LogP contribution is -2.25. The molecule has 0 bridgehead atoms. The summed E-state index contributed by atoms with van der Waals surface area (Å²) < 4.78 is 29.4. The number of aliphatic hydroxyl groups is 2.